The van der Waals surface area contributed by atoms with E-state index in [4.69, 9.17) is 0 Å². The summed E-state index contributed by atoms with van der Waals surface area (Å²) in [7, 11) is 0. The molecule has 1 aliphatic rings. The number of hydrogen-bond acceptors (Lipinski definition) is 1. The lowest BCUT2D eigenvalue weighted by Crippen LogP contribution is -1.85. The van der Waals surface area contributed by atoms with Gasteiger partial charge in [0.05, 0.1) is 0 Å². The smallest absolute Gasteiger partial charge is 0.0349 e. The monoisotopic (exact) mass is 290 g/mol. The van der Waals surface area contributed by atoms with Gasteiger partial charge in [-0.3, -0.25) is 0 Å². The van der Waals surface area contributed by atoms with Gasteiger partial charge in [0.25, 0.3) is 0 Å². The molecule has 0 unspecified atom stereocenters. The Morgan fingerprint density at radius 1 is 1.10 bits per heavy atom. The van der Waals surface area contributed by atoms with Crippen LogP contribution in [-0.4, -0.2) is 0 Å². The third kappa shape index (κ3) is 2.32. The van der Waals surface area contributed by atoms with Crippen LogP contribution in [0.25, 0.3) is 26.8 Å². The molecule has 0 amide bonds. The standard InChI is InChI=1S/C20H18S/c1-13(2)19-9-10-20(21-19)16-11-15-5-3-4-6-17(15)18(12-16)14-7-8-14/h3-6,9-12,14H,1,7-8H2,2H3. The summed E-state index contributed by atoms with van der Waals surface area (Å²) >= 11 is 1.84. The highest BCUT2D eigenvalue weighted by Crippen LogP contribution is 2.45. The minimum atomic E-state index is 0.774. The molecule has 1 aromatic heterocycles. The van der Waals surface area contributed by atoms with Crippen LogP contribution in [0.15, 0.2) is 55.1 Å². The van der Waals surface area contributed by atoms with Gasteiger partial charge in [-0.15, -0.1) is 11.3 Å². The summed E-state index contributed by atoms with van der Waals surface area (Å²) in [5.74, 6) is 0.774. The normalized spacial score (nSPS) is 14.5. The number of benzene rings is 2. The predicted octanol–water partition coefficient (Wildman–Crippen LogP) is 6.48. The number of fused-ring (bicyclic) bond motifs is 1. The fraction of sp³-hybridized carbons (Fsp3) is 0.200. The molecule has 0 atom stereocenters. The van der Waals surface area contributed by atoms with Crippen LogP contribution in [0.2, 0.25) is 0 Å². The van der Waals surface area contributed by atoms with E-state index in [1.165, 1.54) is 44.5 Å². The van der Waals surface area contributed by atoms with Crippen molar-refractivity contribution in [2.45, 2.75) is 25.7 Å². The van der Waals surface area contributed by atoms with E-state index in [1.807, 2.05) is 11.3 Å². The van der Waals surface area contributed by atoms with Crippen molar-refractivity contribution in [3.05, 3.63) is 65.6 Å². The first-order valence-corrected chi connectivity index (χ1v) is 8.33. The highest BCUT2D eigenvalue weighted by atomic mass is 32.1. The molecule has 2 aromatic carbocycles. The Balaban J connectivity index is 1.90. The minimum Gasteiger partial charge on any atom is -0.136 e. The fourth-order valence-corrected chi connectivity index (χ4v) is 3.86. The van der Waals surface area contributed by atoms with Gasteiger partial charge < -0.3 is 0 Å². The number of rotatable bonds is 3. The second-order valence-corrected chi connectivity index (χ2v) is 7.09. The van der Waals surface area contributed by atoms with Crippen molar-refractivity contribution < 1.29 is 0 Å². The van der Waals surface area contributed by atoms with Gasteiger partial charge in [-0.25, -0.2) is 0 Å². The summed E-state index contributed by atoms with van der Waals surface area (Å²) < 4.78 is 0. The van der Waals surface area contributed by atoms with E-state index < -0.39 is 0 Å². The molecule has 0 saturated heterocycles. The highest BCUT2D eigenvalue weighted by molar-refractivity contribution is 7.16. The molecule has 1 saturated carbocycles. The van der Waals surface area contributed by atoms with E-state index >= 15 is 0 Å². The lowest BCUT2D eigenvalue weighted by molar-refractivity contribution is 1.15. The maximum absolute atomic E-state index is 4.05. The summed E-state index contributed by atoms with van der Waals surface area (Å²) in [4.78, 5) is 2.63. The van der Waals surface area contributed by atoms with E-state index in [0.29, 0.717) is 0 Å². The Morgan fingerprint density at radius 2 is 1.90 bits per heavy atom. The molecule has 104 valence electrons. The van der Waals surface area contributed by atoms with Gasteiger partial charge in [0.2, 0.25) is 0 Å². The van der Waals surface area contributed by atoms with Crippen molar-refractivity contribution in [2.24, 2.45) is 0 Å². The van der Waals surface area contributed by atoms with E-state index in [9.17, 15) is 0 Å². The second kappa shape index (κ2) is 4.85. The Kier molecular flexibility index (Phi) is 2.97. The van der Waals surface area contributed by atoms with Gasteiger partial charge in [-0.05, 0) is 77.4 Å². The third-order valence-corrected chi connectivity index (χ3v) is 5.52. The molecule has 0 N–H and O–H groups in total. The van der Waals surface area contributed by atoms with Crippen molar-refractivity contribution in [1.82, 2.24) is 0 Å². The molecule has 4 rings (SSSR count). The first-order chi connectivity index (χ1) is 10.2. The Morgan fingerprint density at radius 3 is 2.62 bits per heavy atom. The van der Waals surface area contributed by atoms with Gasteiger partial charge in [0.15, 0.2) is 0 Å². The van der Waals surface area contributed by atoms with E-state index in [-0.39, 0.29) is 0 Å². The van der Waals surface area contributed by atoms with E-state index in [2.05, 4.69) is 62.0 Å². The molecule has 1 aliphatic carbocycles. The van der Waals surface area contributed by atoms with E-state index in [0.717, 1.165) is 11.5 Å². The summed E-state index contributed by atoms with van der Waals surface area (Å²) in [6.45, 7) is 6.12. The van der Waals surface area contributed by atoms with Crippen LogP contribution in [0.3, 0.4) is 0 Å². The van der Waals surface area contributed by atoms with Gasteiger partial charge in [-0.1, -0.05) is 30.8 Å². The first-order valence-electron chi connectivity index (χ1n) is 7.51. The molecule has 1 heterocycles. The summed E-state index contributed by atoms with van der Waals surface area (Å²) in [6.07, 6.45) is 2.68. The molecule has 0 nitrogen and oxygen atoms in total. The molecule has 0 radical (unpaired) electrons. The molecule has 0 spiro atoms. The van der Waals surface area contributed by atoms with Crippen molar-refractivity contribution in [3.63, 3.8) is 0 Å². The Hall–Kier alpha value is -1.86. The van der Waals surface area contributed by atoms with Crippen molar-refractivity contribution in [3.8, 4) is 10.4 Å². The van der Waals surface area contributed by atoms with Crippen molar-refractivity contribution >= 4 is 27.7 Å². The topological polar surface area (TPSA) is 0 Å². The Bertz CT molecular complexity index is 834. The molecule has 0 aliphatic heterocycles. The van der Waals surface area contributed by atoms with Crippen molar-refractivity contribution in [1.29, 1.82) is 0 Å². The van der Waals surface area contributed by atoms with Crippen LogP contribution >= 0.6 is 11.3 Å². The largest absolute Gasteiger partial charge is 0.136 e. The van der Waals surface area contributed by atoms with Gasteiger partial charge in [0.1, 0.15) is 0 Å². The minimum absolute atomic E-state index is 0.774. The lowest BCUT2D eigenvalue weighted by Gasteiger charge is -2.09. The van der Waals surface area contributed by atoms with Crippen LogP contribution in [0.1, 0.15) is 36.1 Å². The number of hydrogen-bond donors (Lipinski definition) is 0. The molecule has 0 bridgehead atoms. The molecular weight excluding hydrogens is 272 g/mol. The average Bonchev–Trinajstić information content (AvgIpc) is 3.21. The van der Waals surface area contributed by atoms with Gasteiger partial charge in [-0.2, -0.15) is 0 Å². The molecule has 1 heteroatoms. The Labute approximate surface area is 129 Å². The lowest BCUT2D eigenvalue weighted by atomic mass is 9.97. The quantitative estimate of drug-likeness (QED) is 0.518. The maximum Gasteiger partial charge on any atom is 0.0349 e. The zero-order valence-corrected chi connectivity index (χ0v) is 13.0. The van der Waals surface area contributed by atoms with Crippen LogP contribution in [0.4, 0.5) is 0 Å². The third-order valence-electron chi connectivity index (χ3n) is 4.22. The van der Waals surface area contributed by atoms with Crippen molar-refractivity contribution in [2.75, 3.05) is 0 Å². The molecular formula is C20H18S. The predicted molar refractivity (Wildman–Crippen MR) is 93.9 cm³/mol. The zero-order chi connectivity index (χ0) is 14.4. The van der Waals surface area contributed by atoms with Gasteiger partial charge >= 0.3 is 0 Å². The van der Waals surface area contributed by atoms with Crippen LogP contribution in [-0.2, 0) is 0 Å². The SMILES string of the molecule is C=C(C)c1ccc(-c2cc(C3CC3)c3ccccc3c2)s1. The van der Waals surface area contributed by atoms with E-state index in [1.54, 1.807) is 0 Å². The highest BCUT2D eigenvalue weighted by Gasteiger charge is 2.25. The fourth-order valence-electron chi connectivity index (χ4n) is 2.94. The van der Waals surface area contributed by atoms with Gasteiger partial charge in [0, 0.05) is 9.75 Å². The maximum atomic E-state index is 4.05. The second-order valence-electron chi connectivity index (χ2n) is 6.01. The zero-order valence-electron chi connectivity index (χ0n) is 12.2. The summed E-state index contributed by atoms with van der Waals surface area (Å²) in [5.41, 5.74) is 4.04. The summed E-state index contributed by atoms with van der Waals surface area (Å²) in [5, 5.41) is 2.79. The first kappa shape index (κ1) is 12.8. The number of thiophene rings is 1. The summed E-state index contributed by atoms with van der Waals surface area (Å²) in [6, 6.07) is 17.9. The molecule has 1 fully saturated rings. The van der Waals surface area contributed by atoms with Crippen LogP contribution < -0.4 is 0 Å². The van der Waals surface area contributed by atoms with Crippen LogP contribution in [0.5, 0.6) is 0 Å². The average molecular weight is 290 g/mol. The molecule has 3 aromatic rings. The molecule has 21 heavy (non-hydrogen) atoms. The number of allylic oxidation sites excluding steroid dienone is 1. The van der Waals surface area contributed by atoms with Crippen LogP contribution in [0, 0.1) is 0 Å².